The lowest BCUT2D eigenvalue weighted by Crippen LogP contribution is -2.22. The van der Waals surface area contributed by atoms with Gasteiger partial charge in [0.15, 0.2) is 21.4 Å². The van der Waals surface area contributed by atoms with Crippen molar-refractivity contribution >= 4 is 74.3 Å². The molecule has 305 valence electrons. The number of azo groups is 1. The Morgan fingerprint density at radius 2 is 1.43 bits per heavy atom. The van der Waals surface area contributed by atoms with E-state index in [0.29, 0.717) is 22.5 Å². The van der Waals surface area contributed by atoms with Gasteiger partial charge in [-0.3, -0.25) is 18.8 Å². The molecule has 5 rings (SSSR count). The highest BCUT2D eigenvalue weighted by atomic mass is 32.3. The van der Waals surface area contributed by atoms with Crippen LogP contribution in [0.2, 0.25) is 0 Å². The number of hydrogen-bond donors (Lipinski definition) is 7. The lowest BCUT2D eigenvalue weighted by atomic mass is 10.1. The van der Waals surface area contributed by atoms with Gasteiger partial charge in [-0.15, -0.1) is 5.11 Å². The molecular formula is C30H32BF2N14O9S2. The molecule has 0 unspecified atom stereocenters. The van der Waals surface area contributed by atoms with Crippen LogP contribution < -0.4 is 32.5 Å². The van der Waals surface area contributed by atoms with Crippen molar-refractivity contribution in [2.24, 2.45) is 16.1 Å². The van der Waals surface area contributed by atoms with Gasteiger partial charge in [0.05, 0.1) is 29.5 Å². The number of aromatic nitrogens is 7. The van der Waals surface area contributed by atoms with E-state index >= 15 is 0 Å². The van der Waals surface area contributed by atoms with Gasteiger partial charge >= 0.3 is 30.1 Å². The number of nitrogens with zero attached hydrogens (tertiary/aromatic N) is 9. The first-order valence-corrected chi connectivity index (χ1v) is 19.4. The van der Waals surface area contributed by atoms with Crippen molar-refractivity contribution in [2.45, 2.75) is 38.8 Å². The maximum atomic E-state index is 14.4. The zero-order chi connectivity index (χ0) is 42.2. The topological polar surface area (TPSA) is 325 Å². The summed E-state index contributed by atoms with van der Waals surface area (Å²) >= 11 is 0. The minimum atomic E-state index is -4.81. The molecule has 1 radical (unpaired) electrons. The lowest BCUT2D eigenvalue weighted by molar-refractivity contribution is 0.120. The van der Waals surface area contributed by atoms with Crippen LogP contribution >= 0.6 is 0 Å². The molecule has 28 heteroatoms. The minimum absolute atomic E-state index is 0.0367. The van der Waals surface area contributed by atoms with E-state index in [1.54, 1.807) is 39.0 Å². The zero-order valence-corrected chi connectivity index (χ0v) is 32.0. The number of sulfone groups is 1. The molecule has 0 saturated carbocycles. The van der Waals surface area contributed by atoms with Crippen LogP contribution in [-0.4, -0.2) is 80.9 Å². The highest BCUT2D eigenvalue weighted by molar-refractivity contribution is 7.91. The normalized spacial score (nSPS) is 11.8. The summed E-state index contributed by atoms with van der Waals surface area (Å²) in [5.74, 6) is 3.03. The van der Waals surface area contributed by atoms with Crippen molar-refractivity contribution in [2.75, 3.05) is 33.4 Å². The fourth-order valence-corrected chi connectivity index (χ4v) is 6.39. The Morgan fingerprint density at radius 3 is 2.00 bits per heavy atom. The van der Waals surface area contributed by atoms with Crippen LogP contribution in [0.5, 0.6) is 5.88 Å². The number of hydrogen-bond acceptors (Lipinski definition) is 21. The van der Waals surface area contributed by atoms with Crippen LogP contribution in [0.15, 0.2) is 62.4 Å². The third kappa shape index (κ3) is 11.2. The summed E-state index contributed by atoms with van der Waals surface area (Å²) in [6, 6.07) is 9.83. The molecule has 8 N–H and O–H groups in total. The van der Waals surface area contributed by atoms with Crippen molar-refractivity contribution < 1.29 is 44.3 Å². The summed E-state index contributed by atoms with van der Waals surface area (Å²) in [5.41, 5.74) is 1.56. The lowest BCUT2D eigenvalue weighted by Gasteiger charge is -2.14. The predicted molar refractivity (Wildman–Crippen MR) is 202 cm³/mol. The highest BCUT2D eigenvalue weighted by Crippen LogP contribution is 2.30. The summed E-state index contributed by atoms with van der Waals surface area (Å²) < 4.78 is 88.6. The number of aromatic hydroxyl groups is 1. The van der Waals surface area contributed by atoms with Crippen LogP contribution in [0.4, 0.5) is 55.3 Å². The first-order valence-electron chi connectivity index (χ1n) is 16.4. The van der Waals surface area contributed by atoms with E-state index < -0.39 is 50.3 Å². The van der Waals surface area contributed by atoms with E-state index in [-0.39, 0.29) is 64.7 Å². The van der Waals surface area contributed by atoms with Gasteiger partial charge in [0.25, 0.3) is 5.56 Å². The van der Waals surface area contributed by atoms with Crippen LogP contribution in [0.3, 0.4) is 0 Å². The van der Waals surface area contributed by atoms with Crippen molar-refractivity contribution in [3.8, 4) is 5.88 Å². The predicted octanol–water partition coefficient (Wildman–Crippen LogP) is 2.78. The SMILES string of the molecule is CCn1c(O)c(CON)c(C)c(N=Nc2cc(Nc3nc(F)nc(N[B]Nc4nc(F)nc(Nc5ccc(S(=O)(=O)CCOS(=O)(=O)O)cc5)n4)n3)ccc2C)c1=O. The smallest absolute Gasteiger partial charge is 0.397 e. The molecule has 0 aliphatic rings. The molecular weight excluding hydrogens is 813 g/mol. The molecule has 3 heterocycles. The van der Waals surface area contributed by atoms with E-state index in [0.717, 1.165) is 12.1 Å². The Hall–Kier alpha value is -6.33. The fraction of sp³-hybridized carbons (Fsp3) is 0.233. The van der Waals surface area contributed by atoms with Crippen molar-refractivity contribution in [3.05, 3.63) is 81.7 Å². The molecule has 3 aromatic heterocycles. The second kappa shape index (κ2) is 18.3. The molecule has 0 saturated heterocycles. The third-order valence-corrected chi connectivity index (χ3v) is 9.88. The summed E-state index contributed by atoms with van der Waals surface area (Å²) in [4.78, 5) is 39.9. The molecule has 0 fully saturated rings. The number of nitrogens with one attached hydrogen (secondary N) is 4. The van der Waals surface area contributed by atoms with Crippen LogP contribution in [0.25, 0.3) is 0 Å². The third-order valence-electron chi connectivity index (χ3n) is 7.72. The molecule has 5 aromatic rings. The van der Waals surface area contributed by atoms with Gasteiger partial charge in [-0.2, -0.15) is 52.2 Å². The van der Waals surface area contributed by atoms with Gasteiger partial charge in [-0.25, -0.2) is 18.5 Å². The summed E-state index contributed by atoms with van der Waals surface area (Å²) in [6.07, 6.45) is -2.38. The standard InChI is InChI=1S/C30H32BF2N14O9S2/c1-4-47-23(48)20(14-55-34)16(3)22(24(47)49)46-45-21-13-18(6-5-15(21)2)36-28-38-26(33)40-30(42-28)44-31-43-29-39-25(32)37-27(41-29)35-17-7-9-19(10-8-17)57(50,51)12-11-56-58(52,53)54/h5-10,13,48H,4,11-12,14,34H2,1-3H3,(H,52,53,54)(H2,35,37,39,41,43)(H2,36,38,40,42,44). The molecule has 0 aliphatic heterocycles. The number of halogens is 2. The molecule has 0 bridgehead atoms. The van der Waals surface area contributed by atoms with Crippen LogP contribution in [-0.2, 0) is 42.4 Å². The highest BCUT2D eigenvalue weighted by Gasteiger charge is 2.20. The fourth-order valence-electron chi connectivity index (χ4n) is 4.90. The summed E-state index contributed by atoms with van der Waals surface area (Å²) in [7, 11) is -7.73. The van der Waals surface area contributed by atoms with E-state index in [1.807, 2.05) is 0 Å². The number of benzene rings is 2. The number of nitrogens with two attached hydrogens (primary N) is 1. The second-order valence-corrected chi connectivity index (χ2v) is 14.8. The Bertz CT molecular complexity index is 2630. The molecule has 58 heavy (non-hydrogen) atoms. The van der Waals surface area contributed by atoms with Gasteiger partial charge in [-0.1, -0.05) is 6.07 Å². The second-order valence-electron chi connectivity index (χ2n) is 11.6. The summed E-state index contributed by atoms with van der Waals surface area (Å²) in [6.45, 7) is 4.15. The number of pyridine rings is 1. The molecule has 2 aromatic carbocycles. The quantitative estimate of drug-likeness (QED) is 0.0288. The van der Waals surface area contributed by atoms with E-state index in [4.69, 9.17) is 10.4 Å². The van der Waals surface area contributed by atoms with Gasteiger partial charge in [0.2, 0.25) is 23.8 Å². The first kappa shape index (κ1) is 42.8. The molecule has 0 aliphatic carbocycles. The Balaban J connectivity index is 1.23. The number of rotatable bonds is 18. The summed E-state index contributed by atoms with van der Waals surface area (Å²) in [5, 5.41) is 29.5. The average molecular weight is 846 g/mol. The monoisotopic (exact) mass is 845 g/mol. The van der Waals surface area contributed by atoms with Gasteiger partial charge < -0.3 is 26.2 Å². The van der Waals surface area contributed by atoms with Crippen LogP contribution in [0.1, 0.15) is 23.6 Å². The van der Waals surface area contributed by atoms with Crippen molar-refractivity contribution in [1.29, 1.82) is 0 Å². The Kier molecular flexibility index (Phi) is 13.5. The van der Waals surface area contributed by atoms with E-state index in [1.165, 1.54) is 24.3 Å². The van der Waals surface area contributed by atoms with Gasteiger partial charge in [0.1, 0.15) is 0 Å². The number of aryl methyl sites for hydroxylation is 1. The maximum Gasteiger partial charge on any atom is 0.397 e. The number of anilines is 6. The van der Waals surface area contributed by atoms with Gasteiger partial charge in [0, 0.05) is 23.5 Å². The average Bonchev–Trinajstić information content (AvgIpc) is 3.14. The Morgan fingerprint density at radius 1 is 0.862 bits per heavy atom. The molecule has 0 atom stereocenters. The molecule has 0 amide bonds. The van der Waals surface area contributed by atoms with Crippen molar-refractivity contribution in [3.63, 3.8) is 0 Å². The first-order chi connectivity index (χ1) is 27.5. The van der Waals surface area contributed by atoms with Crippen LogP contribution in [0, 0.1) is 26.0 Å². The molecule has 0 spiro atoms. The van der Waals surface area contributed by atoms with E-state index in [2.05, 4.69) is 70.2 Å². The van der Waals surface area contributed by atoms with Crippen molar-refractivity contribution in [1.82, 2.24) is 34.5 Å². The van der Waals surface area contributed by atoms with E-state index in [9.17, 15) is 35.5 Å². The molecule has 23 nitrogen and oxygen atoms in total. The minimum Gasteiger partial charge on any atom is -0.494 e. The zero-order valence-electron chi connectivity index (χ0n) is 30.4. The van der Waals surface area contributed by atoms with Gasteiger partial charge in [-0.05, 0) is 68.3 Å². The maximum absolute atomic E-state index is 14.4. The Labute approximate surface area is 328 Å². The largest absolute Gasteiger partial charge is 0.494 e.